The highest BCUT2D eigenvalue weighted by molar-refractivity contribution is 5.85. The first kappa shape index (κ1) is 34.4. The number of aromatic nitrogens is 3. The number of nitrogens with one attached hydrogen (secondary N) is 1. The van der Waals surface area contributed by atoms with Crippen LogP contribution in [-0.4, -0.2) is 63.4 Å². The molecular formula is C38H44N4O7. The second-order valence-electron chi connectivity index (χ2n) is 12.7. The van der Waals surface area contributed by atoms with E-state index >= 15 is 0 Å². The zero-order valence-electron chi connectivity index (χ0n) is 27.9. The van der Waals surface area contributed by atoms with Gasteiger partial charge >= 0.3 is 5.97 Å². The van der Waals surface area contributed by atoms with E-state index in [1.807, 2.05) is 105 Å². The number of benzene rings is 3. The van der Waals surface area contributed by atoms with Crippen LogP contribution in [0.3, 0.4) is 0 Å². The molecule has 0 aliphatic carbocycles. The van der Waals surface area contributed by atoms with Crippen molar-refractivity contribution in [3.63, 3.8) is 0 Å². The summed E-state index contributed by atoms with van der Waals surface area (Å²) < 4.78 is 34.2. The van der Waals surface area contributed by atoms with Gasteiger partial charge in [-0.05, 0) is 22.6 Å². The van der Waals surface area contributed by atoms with Crippen LogP contribution in [0.25, 0.3) is 0 Å². The molecule has 49 heavy (non-hydrogen) atoms. The molecule has 1 saturated heterocycles. The van der Waals surface area contributed by atoms with Crippen LogP contribution in [0.15, 0.2) is 97.2 Å². The van der Waals surface area contributed by atoms with Gasteiger partial charge in [-0.15, -0.1) is 5.10 Å². The van der Waals surface area contributed by atoms with Gasteiger partial charge in [-0.2, -0.15) is 0 Å². The Morgan fingerprint density at radius 3 is 1.88 bits per heavy atom. The average molecular weight is 669 g/mol. The van der Waals surface area contributed by atoms with Crippen LogP contribution in [0.2, 0.25) is 0 Å². The zero-order chi connectivity index (χ0) is 34.0. The molecule has 11 heteroatoms. The fourth-order valence-electron chi connectivity index (χ4n) is 6.19. The molecule has 11 nitrogen and oxygen atoms in total. The van der Waals surface area contributed by atoms with Crippen molar-refractivity contribution in [2.24, 2.45) is 5.92 Å². The fourth-order valence-corrected chi connectivity index (χ4v) is 6.19. The van der Waals surface area contributed by atoms with Crippen molar-refractivity contribution >= 4 is 11.9 Å². The predicted octanol–water partition coefficient (Wildman–Crippen LogP) is 4.78. The second-order valence-corrected chi connectivity index (χ2v) is 12.7. The Morgan fingerprint density at radius 1 is 0.796 bits per heavy atom. The highest BCUT2D eigenvalue weighted by Crippen LogP contribution is 2.33. The summed E-state index contributed by atoms with van der Waals surface area (Å²) in [6.07, 6.45) is -0.979. The lowest BCUT2D eigenvalue weighted by Gasteiger charge is -2.46. The number of rotatable bonds is 11. The van der Waals surface area contributed by atoms with Gasteiger partial charge in [0.2, 0.25) is 5.91 Å². The third kappa shape index (κ3) is 9.18. The molecule has 0 unspecified atom stereocenters. The summed E-state index contributed by atoms with van der Waals surface area (Å²) in [4.78, 5) is 27.0. The van der Waals surface area contributed by atoms with Gasteiger partial charge < -0.3 is 29.0 Å². The number of carbonyl (C=O) groups is 2. The summed E-state index contributed by atoms with van der Waals surface area (Å²) >= 11 is 0. The molecule has 7 atom stereocenters. The highest BCUT2D eigenvalue weighted by atomic mass is 16.6. The maximum absolute atomic E-state index is 13.8. The maximum Gasteiger partial charge on any atom is 0.329 e. The molecule has 1 fully saturated rings. The number of hydrogen-bond acceptors (Lipinski definition) is 9. The van der Waals surface area contributed by atoms with E-state index in [-0.39, 0.29) is 38.0 Å². The normalized spacial score (nSPS) is 25.1. The molecule has 0 radical (unpaired) electrons. The van der Waals surface area contributed by atoms with Gasteiger partial charge in [-0.25, -0.2) is 9.48 Å². The van der Waals surface area contributed by atoms with Crippen molar-refractivity contribution in [2.75, 3.05) is 0 Å². The summed E-state index contributed by atoms with van der Waals surface area (Å²) in [7, 11) is 0. The Hall–Kier alpha value is -4.42. The summed E-state index contributed by atoms with van der Waals surface area (Å²) in [5.74, 6) is -1.03. The number of fused-ring (bicyclic) bond motifs is 4. The number of cyclic esters (lactones) is 1. The summed E-state index contributed by atoms with van der Waals surface area (Å²) in [5, 5.41) is 11.5. The van der Waals surface area contributed by atoms with Crippen molar-refractivity contribution in [1.29, 1.82) is 0 Å². The number of amides is 1. The lowest BCUT2D eigenvalue weighted by Crippen LogP contribution is -2.62. The summed E-state index contributed by atoms with van der Waals surface area (Å²) in [6.45, 7) is 4.93. The van der Waals surface area contributed by atoms with Crippen molar-refractivity contribution in [2.45, 2.75) is 96.2 Å². The first-order valence-corrected chi connectivity index (χ1v) is 16.9. The molecule has 258 valence electrons. The second kappa shape index (κ2) is 16.8. The Labute approximate surface area is 286 Å². The molecule has 0 saturated carbocycles. The smallest absolute Gasteiger partial charge is 0.329 e. The Kier molecular flexibility index (Phi) is 11.8. The largest absolute Gasteiger partial charge is 0.458 e. The molecule has 3 aromatic carbocycles. The van der Waals surface area contributed by atoms with Gasteiger partial charge in [-0.3, -0.25) is 4.79 Å². The number of esters is 1. The van der Waals surface area contributed by atoms with Gasteiger partial charge in [0.1, 0.15) is 42.8 Å². The van der Waals surface area contributed by atoms with E-state index in [9.17, 15) is 9.59 Å². The molecule has 4 aromatic rings. The third-order valence-electron chi connectivity index (χ3n) is 9.07. The number of hydrogen-bond donors (Lipinski definition) is 1. The average Bonchev–Trinajstić information content (AvgIpc) is 3.58. The van der Waals surface area contributed by atoms with Gasteiger partial charge in [0.15, 0.2) is 0 Å². The first-order valence-electron chi connectivity index (χ1n) is 16.9. The van der Waals surface area contributed by atoms with Gasteiger partial charge in [0.05, 0.1) is 45.1 Å². The van der Waals surface area contributed by atoms with Crippen molar-refractivity contribution < 1.29 is 33.3 Å². The van der Waals surface area contributed by atoms with Crippen LogP contribution < -0.4 is 5.32 Å². The molecular weight excluding hydrogens is 624 g/mol. The zero-order valence-corrected chi connectivity index (χ0v) is 27.9. The topological polar surface area (TPSA) is 123 Å². The Bertz CT molecular complexity index is 1620. The van der Waals surface area contributed by atoms with Crippen LogP contribution >= 0.6 is 0 Å². The number of nitrogens with zero attached hydrogens (tertiary/aromatic N) is 3. The van der Waals surface area contributed by atoms with Crippen molar-refractivity contribution in [3.05, 3.63) is 120 Å². The monoisotopic (exact) mass is 668 g/mol. The van der Waals surface area contributed by atoms with Crippen molar-refractivity contribution in [1.82, 2.24) is 20.3 Å². The van der Waals surface area contributed by atoms with E-state index in [4.69, 9.17) is 23.7 Å². The molecule has 1 N–H and O–H groups in total. The van der Waals surface area contributed by atoms with E-state index in [1.165, 1.54) is 0 Å². The van der Waals surface area contributed by atoms with Crippen LogP contribution in [-0.2, 0) is 66.2 Å². The minimum absolute atomic E-state index is 0.0675. The molecule has 2 aliphatic rings. The maximum atomic E-state index is 13.8. The van der Waals surface area contributed by atoms with E-state index in [1.54, 1.807) is 10.9 Å². The Morgan fingerprint density at radius 2 is 1.33 bits per heavy atom. The third-order valence-corrected chi connectivity index (χ3v) is 9.07. The van der Waals surface area contributed by atoms with Crippen LogP contribution in [0.4, 0.5) is 0 Å². The first-order chi connectivity index (χ1) is 24.0. The van der Waals surface area contributed by atoms with Crippen molar-refractivity contribution in [3.8, 4) is 0 Å². The van der Waals surface area contributed by atoms with Crippen LogP contribution in [0.5, 0.6) is 0 Å². The fraction of sp³-hybridized carbons (Fsp3) is 0.421. The molecule has 0 spiro atoms. The van der Waals surface area contributed by atoms with E-state index in [0.29, 0.717) is 25.3 Å². The SMILES string of the molecule is CC[C@H](C)[C@@H]1NC(=O)C[C@H]2O[C@H](Cn3cc(nn3)COC1=O)[C@@H](OCc1ccccc1)[C@H](OCc1ccccc1)[C@H]2OCc1ccccc1. The quantitative estimate of drug-likeness (QED) is 0.225. The molecule has 2 aliphatic heterocycles. The Balaban J connectivity index is 1.38. The standard InChI is InChI=1S/C38H44N4O7/c1-3-26(2)34-38(44)48-25-30-20-42(41-40-30)21-32-36(46-23-28-15-9-5-10-16-28)37(47-24-29-17-11-6-12-18-29)35(31(49-32)19-33(43)39-34)45-22-27-13-7-4-8-14-27/h4-18,20,26,31-32,34-37H,3,19,21-25H2,1-2H3,(H,39,43)/t26-,31+,32+,34-,35-,36+,37+/m0/s1. The minimum atomic E-state index is -0.842. The molecule has 1 amide bonds. The minimum Gasteiger partial charge on any atom is -0.458 e. The highest BCUT2D eigenvalue weighted by Gasteiger charge is 2.49. The van der Waals surface area contributed by atoms with E-state index in [2.05, 4.69) is 15.6 Å². The molecule has 6 rings (SSSR count). The number of ether oxygens (including phenoxy) is 5. The van der Waals surface area contributed by atoms with Gasteiger partial charge in [0.25, 0.3) is 0 Å². The molecule has 3 heterocycles. The lowest BCUT2D eigenvalue weighted by molar-refractivity contribution is -0.267. The summed E-state index contributed by atoms with van der Waals surface area (Å²) in [6, 6.07) is 28.8. The lowest BCUT2D eigenvalue weighted by atomic mass is 9.91. The van der Waals surface area contributed by atoms with Gasteiger partial charge in [0, 0.05) is 0 Å². The molecule has 1 aromatic heterocycles. The van der Waals surface area contributed by atoms with Crippen LogP contribution in [0, 0.1) is 5.92 Å². The van der Waals surface area contributed by atoms with E-state index in [0.717, 1.165) is 16.7 Å². The van der Waals surface area contributed by atoms with E-state index < -0.39 is 42.5 Å². The molecule has 4 bridgehead atoms. The predicted molar refractivity (Wildman–Crippen MR) is 180 cm³/mol. The summed E-state index contributed by atoms with van der Waals surface area (Å²) in [5.41, 5.74) is 3.43. The number of carbonyl (C=O) groups excluding carboxylic acids is 2. The van der Waals surface area contributed by atoms with Gasteiger partial charge in [-0.1, -0.05) is 116 Å². The van der Waals surface area contributed by atoms with Crippen LogP contribution in [0.1, 0.15) is 49.1 Å².